The van der Waals surface area contributed by atoms with Crippen molar-refractivity contribution in [1.82, 2.24) is 9.55 Å². The van der Waals surface area contributed by atoms with Gasteiger partial charge < -0.3 is 9.88 Å². The third-order valence-corrected chi connectivity index (χ3v) is 3.50. The van der Waals surface area contributed by atoms with Crippen molar-refractivity contribution in [2.75, 3.05) is 5.32 Å². The molecule has 0 spiro atoms. The molecule has 4 heteroatoms. The van der Waals surface area contributed by atoms with Gasteiger partial charge in [0.25, 0.3) is 0 Å². The monoisotopic (exact) mass is 269 g/mol. The second-order valence-electron chi connectivity index (χ2n) is 4.87. The standard InChI is InChI=1S/C16H16FN3/c1-11(12-7-3-4-8-13(12)17)18-16-19-14-9-5-6-10-15(14)20(16)2/h3-11H,1-2H3,(H,18,19). The summed E-state index contributed by atoms with van der Waals surface area (Å²) in [6.07, 6.45) is 0. The molecular formula is C16H16FN3. The van der Waals surface area contributed by atoms with Crippen LogP contribution in [0.25, 0.3) is 11.0 Å². The molecule has 0 aliphatic rings. The summed E-state index contributed by atoms with van der Waals surface area (Å²) in [4.78, 5) is 4.54. The van der Waals surface area contributed by atoms with Gasteiger partial charge >= 0.3 is 0 Å². The van der Waals surface area contributed by atoms with Gasteiger partial charge in [0.05, 0.1) is 17.1 Å². The van der Waals surface area contributed by atoms with Gasteiger partial charge in [-0.05, 0) is 25.1 Å². The van der Waals surface area contributed by atoms with Crippen LogP contribution < -0.4 is 5.32 Å². The van der Waals surface area contributed by atoms with Crippen molar-refractivity contribution in [1.29, 1.82) is 0 Å². The Morgan fingerprint density at radius 1 is 1.10 bits per heavy atom. The van der Waals surface area contributed by atoms with Crippen molar-refractivity contribution in [3.63, 3.8) is 0 Å². The Labute approximate surface area is 117 Å². The molecule has 2 aromatic carbocycles. The topological polar surface area (TPSA) is 29.9 Å². The summed E-state index contributed by atoms with van der Waals surface area (Å²) in [6.45, 7) is 1.93. The highest BCUT2D eigenvalue weighted by Crippen LogP contribution is 2.23. The zero-order valence-corrected chi connectivity index (χ0v) is 11.5. The van der Waals surface area contributed by atoms with Crippen LogP contribution in [-0.4, -0.2) is 9.55 Å². The van der Waals surface area contributed by atoms with Crippen molar-refractivity contribution in [2.45, 2.75) is 13.0 Å². The molecule has 1 N–H and O–H groups in total. The lowest BCUT2D eigenvalue weighted by atomic mass is 10.1. The van der Waals surface area contributed by atoms with E-state index in [0.29, 0.717) is 5.56 Å². The smallest absolute Gasteiger partial charge is 0.204 e. The minimum atomic E-state index is -0.203. The van der Waals surface area contributed by atoms with Gasteiger partial charge in [-0.2, -0.15) is 0 Å². The summed E-state index contributed by atoms with van der Waals surface area (Å²) in [6, 6.07) is 14.6. The fraction of sp³-hybridized carbons (Fsp3) is 0.188. The molecule has 20 heavy (non-hydrogen) atoms. The number of fused-ring (bicyclic) bond motifs is 1. The maximum absolute atomic E-state index is 13.8. The molecule has 3 aromatic rings. The van der Waals surface area contributed by atoms with Gasteiger partial charge in [0.2, 0.25) is 5.95 Å². The third-order valence-electron chi connectivity index (χ3n) is 3.50. The first-order valence-electron chi connectivity index (χ1n) is 6.59. The molecule has 102 valence electrons. The lowest BCUT2D eigenvalue weighted by Crippen LogP contribution is -2.11. The molecule has 0 aliphatic carbocycles. The minimum absolute atomic E-state index is 0.147. The molecule has 1 aromatic heterocycles. The molecule has 0 amide bonds. The van der Waals surface area contributed by atoms with Gasteiger partial charge in [-0.15, -0.1) is 0 Å². The van der Waals surface area contributed by atoms with Crippen molar-refractivity contribution in [3.8, 4) is 0 Å². The summed E-state index contributed by atoms with van der Waals surface area (Å²) >= 11 is 0. The van der Waals surface area contributed by atoms with Gasteiger partial charge in [0.1, 0.15) is 5.82 Å². The van der Waals surface area contributed by atoms with E-state index in [2.05, 4.69) is 10.3 Å². The van der Waals surface area contributed by atoms with E-state index >= 15 is 0 Å². The molecule has 0 bridgehead atoms. The number of imidazole rings is 1. The minimum Gasteiger partial charge on any atom is -0.349 e. The van der Waals surface area contributed by atoms with Crippen LogP contribution in [0.15, 0.2) is 48.5 Å². The number of hydrogen-bond donors (Lipinski definition) is 1. The summed E-state index contributed by atoms with van der Waals surface area (Å²) < 4.78 is 15.8. The Hall–Kier alpha value is -2.36. The lowest BCUT2D eigenvalue weighted by Gasteiger charge is -2.15. The molecule has 1 heterocycles. The maximum atomic E-state index is 13.8. The van der Waals surface area contributed by atoms with Crippen LogP contribution >= 0.6 is 0 Å². The predicted octanol–water partition coefficient (Wildman–Crippen LogP) is 3.89. The first-order chi connectivity index (χ1) is 9.66. The maximum Gasteiger partial charge on any atom is 0.204 e. The number of para-hydroxylation sites is 2. The van der Waals surface area contributed by atoms with E-state index in [1.165, 1.54) is 6.07 Å². The van der Waals surface area contributed by atoms with Crippen molar-refractivity contribution < 1.29 is 4.39 Å². The number of anilines is 1. The van der Waals surface area contributed by atoms with Crippen molar-refractivity contribution in [2.24, 2.45) is 7.05 Å². The second-order valence-corrected chi connectivity index (χ2v) is 4.87. The van der Waals surface area contributed by atoms with Gasteiger partial charge in [-0.25, -0.2) is 9.37 Å². The lowest BCUT2D eigenvalue weighted by molar-refractivity contribution is 0.599. The highest BCUT2D eigenvalue weighted by molar-refractivity contribution is 5.78. The average molecular weight is 269 g/mol. The van der Waals surface area contributed by atoms with E-state index in [1.54, 1.807) is 12.1 Å². The molecular weight excluding hydrogens is 253 g/mol. The second kappa shape index (κ2) is 4.96. The number of nitrogens with zero attached hydrogens (tertiary/aromatic N) is 2. The number of nitrogens with one attached hydrogen (secondary N) is 1. The molecule has 0 fully saturated rings. The molecule has 1 atom stereocenters. The Balaban J connectivity index is 1.93. The highest BCUT2D eigenvalue weighted by Gasteiger charge is 2.13. The van der Waals surface area contributed by atoms with Gasteiger partial charge in [0, 0.05) is 12.6 Å². The molecule has 1 unspecified atom stereocenters. The molecule has 0 saturated carbocycles. The molecule has 0 aliphatic heterocycles. The summed E-state index contributed by atoms with van der Waals surface area (Å²) in [7, 11) is 1.95. The van der Waals surface area contributed by atoms with Gasteiger partial charge in [0.15, 0.2) is 0 Å². The van der Waals surface area contributed by atoms with E-state index < -0.39 is 0 Å². The number of aromatic nitrogens is 2. The number of hydrogen-bond acceptors (Lipinski definition) is 2. The summed E-state index contributed by atoms with van der Waals surface area (Å²) in [5.74, 6) is 0.535. The largest absolute Gasteiger partial charge is 0.349 e. The van der Waals surface area contributed by atoms with Gasteiger partial charge in [-0.1, -0.05) is 30.3 Å². The number of aryl methyl sites for hydroxylation is 1. The van der Waals surface area contributed by atoms with E-state index in [4.69, 9.17) is 0 Å². The molecule has 0 radical (unpaired) electrons. The molecule has 3 rings (SSSR count). The van der Waals surface area contributed by atoms with Crippen LogP contribution in [0.4, 0.5) is 10.3 Å². The zero-order chi connectivity index (χ0) is 14.1. The first kappa shape index (κ1) is 12.7. The molecule has 3 nitrogen and oxygen atoms in total. The van der Waals surface area contributed by atoms with E-state index in [0.717, 1.165) is 17.0 Å². The third kappa shape index (κ3) is 2.13. The summed E-state index contributed by atoms with van der Waals surface area (Å²) in [5, 5.41) is 3.27. The van der Waals surface area contributed by atoms with Crippen LogP contribution in [0, 0.1) is 5.82 Å². The van der Waals surface area contributed by atoms with Crippen LogP contribution in [0.3, 0.4) is 0 Å². The number of rotatable bonds is 3. The first-order valence-corrected chi connectivity index (χ1v) is 6.59. The Morgan fingerprint density at radius 3 is 2.55 bits per heavy atom. The quantitative estimate of drug-likeness (QED) is 0.782. The van der Waals surface area contributed by atoms with Crippen LogP contribution in [-0.2, 0) is 7.05 Å². The fourth-order valence-corrected chi connectivity index (χ4v) is 2.37. The van der Waals surface area contributed by atoms with Crippen LogP contribution in [0.5, 0.6) is 0 Å². The number of halogens is 1. The van der Waals surface area contributed by atoms with Crippen LogP contribution in [0.1, 0.15) is 18.5 Å². The molecule has 0 saturated heterocycles. The Bertz CT molecular complexity index is 748. The normalized spacial score (nSPS) is 12.6. The fourth-order valence-electron chi connectivity index (χ4n) is 2.37. The summed E-state index contributed by atoms with van der Waals surface area (Å²) in [5.41, 5.74) is 2.62. The van der Waals surface area contributed by atoms with E-state index in [-0.39, 0.29) is 11.9 Å². The zero-order valence-electron chi connectivity index (χ0n) is 11.5. The van der Waals surface area contributed by atoms with Crippen LogP contribution in [0.2, 0.25) is 0 Å². The Kier molecular flexibility index (Phi) is 3.14. The number of benzene rings is 2. The average Bonchev–Trinajstić information content (AvgIpc) is 2.76. The predicted molar refractivity (Wildman–Crippen MR) is 79.2 cm³/mol. The highest BCUT2D eigenvalue weighted by atomic mass is 19.1. The van der Waals surface area contributed by atoms with Crippen molar-refractivity contribution >= 4 is 17.0 Å². The van der Waals surface area contributed by atoms with E-state index in [1.807, 2.05) is 48.9 Å². The SMILES string of the molecule is CC(Nc1nc2ccccc2n1C)c1ccccc1F. The van der Waals surface area contributed by atoms with Gasteiger partial charge in [-0.3, -0.25) is 0 Å². The Morgan fingerprint density at radius 2 is 1.80 bits per heavy atom. The van der Waals surface area contributed by atoms with E-state index in [9.17, 15) is 4.39 Å². The van der Waals surface area contributed by atoms with Crippen molar-refractivity contribution in [3.05, 3.63) is 59.9 Å².